The highest BCUT2D eigenvalue weighted by Crippen LogP contribution is 2.30. The molecule has 0 spiro atoms. The second-order valence-corrected chi connectivity index (χ2v) is 8.00. The van der Waals surface area contributed by atoms with Crippen LogP contribution in [0.2, 0.25) is 0 Å². The highest BCUT2D eigenvalue weighted by molar-refractivity contribution is 9.10. The standard InChI is InChI=1S/C17H20BrN5O2/c1-17(2,3)25-16(24)21-13-4-5-22(10-13)14-6-12(18)9-23-15(14)11(7-19)8-20-23/h6,8-9,13H,4-5,10H2,1-3H3,(H,21,24). The van der Waals surface area contributed by atoms with Gasteiger partial charge in [-0.3, -0.25) is 0 Å². The SMILES string of the molecule is CC(C)(C)OC(=O)NC1CCN(c2cc(Br)cn3ncc(C#N)c23)C1. The minimum Gasteiger partial charge on any atom is -0.444 e. The minimum absolute atomic E-state index is 0.00217. The Morgan fingerprint density at radius 1 is 1.52 bits per heavy atom. The van der Waals surface area contributed by atoms with Crippen LogP contribution < -0.4 is 10.2 Å². The average molecular weight is 406 g/mol. The van der Waals surface area contributed by atoms with Gasteiger partial charge in [-0.25, -0.2) is 9.31 Å². The first-order valence-corrected chi connectivity index (χ1v) is 8.87. The number of carbonyl (C=O) groups excluding carboxylic acids is 1. The maximum atomic E-state index is 12.0. The number of anilines is 1. The zero-order valence-electron chi connectivity index (χ0n) is 14.4. The van der Waals surface area contributed by atoms with E-state index < -0.39 is 11.7 Å². The molecule has 1 amide bonds. The zero-order chi connectivity index (χ0) is 18.2. The second-order valence-electron chi connectivity index (χ2n) is 7.08. The van der Waals surface area contributed by atoms with Gasteiger partial charge in [0.1, 0.15) is 17.2 Å². The number of fused-ring (bicyclic) bond motifs is 1. The molecule has 3 rings (SSSR count). The first kappa shape index (κ1) is 17.5. The number of pyridine rings is 1. The van der Waals surface area contributed by atoms with E-state index in [2.05, 4.69) is 37.3 Å². The number of halogens is 1. The molecule has 0 radical (unpaired) electrons. The average Bonchev–Trinajstić information content (AvgIpc) is 3.10. The summed E-state index contributed by atoms with van der Waals surface area (Å²) in [4.78, 5) is 14.1. The van der Waals surface area contributed by atoms with Gasteiger partial charge in [-0.2, -0.15) is 10.4 Å². The van der Waals surface area contributed by atoms with Crippen LogP contribution in [0.1, 0.15) is 32.8 Å². The minimum atomic E-state index is -0.516. The highest BCUT2D eigenvalue weighted by atomic mass is 79.9. The molecule has 1 N–H and O–H groups in total. The van der Waals surface area contributed by atoms with Crippen molar-refractivity contribution >= 4 is 33.2 Å². The van der Waals surface area contributed by atoms with Crippen LogP contribution in [0.5, 0.6) is 0 Å². The molecule has 1 saturated heterocycles. The number of amides is 1. The maximum absolute atomic E-state index is 12.0. The fourth-order valence-corrected chi connectivity index (χ4v) is 3.37. The molecule has 3 heterocycles. The Hall–Kier alpha value is -2.27. The number of nitriles is 1. The van der Waals surface area contributed by atoms with Crippen LogP contribution in [0.3, 0.4) is 0 Å². The van der Waals surface area contributed by atoms with Crippen molar-refractivity contribution in [2.45, 2.75) is 38.8 Å². The smallest absolute Gasteiger partial charge is 0.407 e. The van der Waals surface area contributed by atoms with E-state index >= 15 is 0 Å². The lowest BCUT2D eigenvalue weighted by Crippen LogP contribution is -2.40. The van der Waals surface area contributed by atoms with Crippen LogP contribution in [0.15, 0.2) is 22.9 Å². The highest BCUT2D eigenvalue weighted by Gasteiger charge is 2.28. The van der Waals surface area contributed by atoms with Crippen LogP contribution in [-0.4, -0.2) is 40.4 Å². The first-order valence-electron chi connectivity index (χ1n) is 8.08. The molecule has 25 heavy (non-hydrogen) atoms. The first-order chi connectivity index (χ1) is 11.8. The molecule has 8 heteroatoms. The van der Waals surface area contributed by atoms with Gasteiger partial charge in [0.15, 0.2) is 0 Å². The molecule has 2 aromatic heterocycles. The second kappa shape index (κ2) is 6.56. The van der Waals surface area contributed by atoms with E-state index in [9.17, 15) is 10.1 Å². The fraction of sp³-hybridized carbons (Fsp3) is 0.471. The van der Waals surface area contributed by atoms with E-state index in [1.807, 2.05) is 33.0 Å². The molecule has 0 saturated carbocycles. The summed E-state index contributed by atoms with van der Waals surface area (Å²) in [7, 11) is 0. The molecule has 2 aromatic rings. The molecular weight excluding hydrogens is 386 g/mol. The fourth-order valence-electron chi connectivity index (χ4n) is 2.96. The summed E-state index contributed by atoms with van der Waals surface area (Å²) in [5, 5.41) is 16.5. The molecular formula is C17H20BrN5O2. The van der Waals surface area contributed by atoms with E-state index in [0.29, 0.717) is 12.1 Å². The quantitative estimate of drug-likeness (QED) is 0.829. The molecule has 7 nitrogen and oxygen atoms in total. The van der Waals surface area contributed by atoms with Gasteiger partial charge in [0.2, 0.25) is 0 Å². The lowest BCUT2D eigenvalue weighted by atomic mass is 10.2. The van der Waals surface area contributed by atoms with Crippen molar-refractivity contribution in [1.29, 1.82) is 5.26 Å². The molecule has 132 valence electrons. The summed E-state index contributed by atoms with van der Waals surface area (Å²) in [6.45, 7) is 6.96. The molecule has 1 atom stereocenters. The predicted octanol–water partition coefficient (Wildman–Crippen LogP) is 3.07. The number of carbonyl (C=O) groups is 1. The molecule has 1 unspecified atom stereocenters. The van der Waals surface area contributed by atoms with Gasteiger partial charge >= 0.3 is 6.09 Å². The maximum Gasteiger partial charge on any atom is 0.407 e. The lowest BCUT2D eigenvalue weighted by Gasteiger charge is -2.23. The van der Waals surface area contributed by atoms with Gasteiger partial charge < -0.3 is 15.0 Å². The zero-order valence-corrected chi connectivity index (χ0v) is 16.0. The monoisotopic (exact) mass is 405 g/mol. The van der Waals surface area contributed by atoms with Crippen molar-refractivity contribution in [2.75, 3.05) is 18.0 Å². The summed E-state index contributed by atoms with van der Waals surface area (Å²) >= 11 is 3.49. The molecule has 0 aromatic carbocycles. The van der Waals surface area contributed by atoms with Crippen molar-refractivity contribution in [1.82, 2.24) is 14.9 Å². The Morgan fingerprint density at radius 3 is 2.96 bits per heavy atom. The van der Waals surface area contributed by atoms with Crippen molar-refractivity contribution in [3.05, 3.63) is 28.5 Å². The third-order valence-corrected chi connectivity index (χ3v) is 4.36. The van der Waals surface area contributed by atoms with Crippen molar-refractivity contribution in [3.63, 3.8) is 0 Å². The normalized spacial score (nSPS) is 17.6. The molecule has 1 aliphatic rings. The van der Waals surface area contributed by atoms with E-state index in [1.54, 1.807) is 10.7 Å². The number of rotatable bonds is 2. The van der Waals surface area contributed by atoms with E-state index in [4.69, 9.17) is 4.74 Å². The Bertz CT molecular complexity index is 849. The Balaban J connectivity index is 1.79. The van der Waals surface area contributed by atoms with Gasteiger partial charge in [0, 0.05) is 23.8 Å². The Labute approximate surface area is 154 Å². The van der Waals surface area contributed by atoms with Crippen molar-refractivity contribution in [3.8, 4) is 6.07 Å². The van der Waals surface area contributed by atoms with Crippen LogP contribution in [0.4, 0.5) is 10.5 Å². The van der Waals surface area contributed by atoms with Gasteiger partial charge in [-0.15, -0.1) is 0 Å². The third-order valence-electron chi connectivity index (χ3n) is 3.93. The molecule has 1 fully saturated rings. The van der Waals surface area contributed by atoms with Crippen molar-refractivity contribution in [2.24, 2.45) is 0 Å². The van der Waals surface area contributed by atoms with Gasteiger partial charge in [-0.1, -0.05) is 0 Å². The van der Waals surface area contributed by atoms with E-state index in [0.717, 1.165) is 28.6 Å². The molecule has 0 bridgehead atoms. The van der Waals surface area contributed by atoms with Crippen LogP contribution in [0.25, 0.3) is 5.52 Å². The Morgan fingerprint density at radius 2 is 2.28 bits per heavy atom. The topological polar surface area (TPSA) is 82.7 Å². The van der Waals surface area contributed by atoms with Crippen LogP contribution in [0, 0.1) is 11.3 Å². The van der Waals surface area contributed by atoms with Gasteiger partial charge in [0.05, 0.1) is 23.5 Å². The Kier molecular flexibility index (Phi) is 4.60. The third kappa shape index (κ3) is 3.87. The summed E-state index contributed by atoms with van der Waals surface area (Å²) in [6.07, 6.45) is 3.80. The lowest BCUT2D eigenvalue weighted by molar-refractivity contribution is 0.0509. The number of ether oxygens (including phenoxy) is 1. The number of aromatic nitrogens is 2. The van der Waals surface area contributed by atoms with E-state index in [-0.39, 0.29) is 6.04 Å². The summed E-state index contributed by atoms with van der Waals surface area (Å²) in [6, 6.07) is 4.17. The van der Waals surface area contributed by atoms with Gasteiger partial charge in [-0.05, 0) is 49.2 Å². The van der Waals surface area contributed by atoms with Crippen molar-refractivity contribution < 1.29 is 9.53 Å². The summed E-state index contributed by atoms with van der Waals surface area (Å²) in [5.41, 5.74) is 1.73. The number of hydrogen-bond donors (Lipinski definition) is 1. The van der Waals surface area contributed by atoms with Crippen LogP contribution >= 0.6 is 15.9 Å². The largest absolute Gasteiger partial charge is 0.444 e. The predicted molar refractivity (Wildman–Crippen MR) is 97.6 cm³/mol. The van der Waals surface area contributed by atoms with Gasteiger partial charge in [0.25, 0.3) is 0 Å². The molecule has 0 aliphatic carbocycles. The number of hydrogen-bond acceptors (Lipinski definition) is 5. The summed E-state index contributed by atoms with van der Waals surface area (Å²) < 4.78 is 7.90. The number of nitrogens with zero attached hydrogens (tertiary/aromatic N) is 4. The summed E-state index contributed by atoms with van der Waals surface area (Å²) in [5.74, 6) is 0. The van der Waals surface area contributed by atoms with E-state index in [1.165, 1.54) is 0 Å². The number of nitrogens with one attached hydrogen (secondary N) is 1. The van der Waals surface area contributed by atoms with Crippen LogP contribution in [-0.2, 0) is 4.74 Å². The number of alkyl carbamates (subject to hydrolysis) is 1. The molecule has 1 aliphatic heterocycles.